The Morgan fingerprint density at radius 3 is 1.78 bits per heavy atom. The first kappa shape index (κ1) is 21.5. The Kier molecular flexibility index (Phi) is 5.94. The van der Waals surface area contributed by atoms with E-state index in [1.165, 1.54) is 25.7 Å². The summed E-state index contributed by atoms with van der Waals surface area (Å²) in [7, 11) is 1.67. The minimum absolute atomic E-state index is 0.164. The molecule has 8 heteroatoms. The summed E-state index contributed by atoms with van der Waals surface area (Å²) in [5.74, 6) is -1.79. The van der Waals surface area contributed by atoms with Gasteiger partial charge in [-0.1, -0.05) is 0 Å². The van der Waals surface area contributed by atoms with Gasteiger partial charge in [0, 0.05) is 63.3 Å². The summed E-state index contributed by atoms with van der Waals surface area (Å²) in [4.78, 5) is 28.7. The molecule has 2 saturated heterocycles. The number of nitrogens with one attached hydrogen (secondary N) is 1. The van der Waals surface area contributed by atoms with Crippen molar-refractivity contribution >= 4 is 29.0 Å². The van der Waals surface area contributed by atoms with Gasteiger partial charge >= 0.3 is 11.9 Å². The highest BCUT2D eigenvalue weighted by Crippen LogP contribution is 2.25. The van der Waals surface area contributed by atoms with Crippen molar-refractivity contribution in [1.82, 2.24) is 0 Å². The smallest absolute Gasteiger partial charge is 0.350 e. The molecule has 0 unspecified atom stereocenters. The molecule has 0 radical (unpaired) electrons. The normalized spacial score (nSPS) is 18.0. The number of nitrogens with zero attached hydrogens (tertiary/aromatic N) is 2. The number of cyclic esters (lactones) is 2. The van der Waals surface area contributed by atoms with Crippen LogP contribution < -0.4 is 19.9 Å². The number of carbonyl (C=O) groups excluding carboxylic acids is 2. The first-order chi connectivity index (χ1) is 15.3. The van der Waals surface area contributed by atoms with E-state index in [2.05, 4.69) is 27.2 Å². The van der Waals surface area contributed by atoms with Gasteiger partial charge < -0.3 is 29.3 Å². The van der Waals surface area contributed by atoms with Crippen LogP contribution in [0.1, 0.15) is 13.8 Å². The highest BCUT2D eigenvalue weighted by molar-refractivity contribution is 6.15. The lowest BCUT2D eigenvalue weighted by Gasteiger charge is -2.37. The molecule has 2 aromatic rings. The van der Waals surface area contributed by atoms with Crippen LogP contribution in [0.4, 0.5) is 17.1 Å². The number of hydrogen-bond donors (Lipinski definition) is 1. The second-order valence-corrected chi connectivity index (χ2v) is 8.10. The zero-order valence-corrected chi connectivity index (χ0v) is 18.5. The van der Waals surface area contributed by atoms with E-state index in [9.17, 15) is 9.59 Å². The van der Waals surface area contributed by atoms with E-state index in [-0.39, 0.29) is 5.57 Å². The van der Waals surface area contributed by atoms with Gasteiger partial charge in [0.05, 0.1) is 7.11 Å². The first-order valence-corrected chi connectivity index (χ1v) is 10.5. The second kappa shape index (κ2) is 8.82. The van der Waals surface area contributed by atoms with Crippen LogP contribution in [0, 0.1) is 0 Å². The Morgan fingerprint density at radius 2 is 1.31 bits per heavy atom. The Labute approximate surface area is 187 Å². The van der Waals surface area contributed by atoms with Crippen molar-refractivity contribution in [3.63, 3.8) is 0 Å². The van der Waals surface area contributed by atoms with Crippen molar-refractivity contribution in [2.75, 3.05) is 48.4 Å². The minimum atomic E-state index is -1.25. The summed E-state index contributed by atoms with van der Waals surface area (Å²) in [5, 5.41) is 2.97. The summed E-state index contributed by atoms with van der Waals surface area (Å²) in [6, 6.07) is 16.0. The van der Waals surface area contributed by atoms with Crippen molar-refractivity contribution in [2.45, 2.75) is 19.6 Å². The van der Waals surface area contributed by atoms with Gasteiger partial charge in [-0.15, -0.1) is 0 Å². The number of anilines is 3. The fraction of sp³-hybridized carbons (Fsp3) is 0.333. The van der Waals surface area contributed by atoms with E-state index in [0.717, 1.165) is 43.3 Å². The standard InChI is InChI=1S/C24H27N3O5/c1-24(2)31-22(28)21(23(29)32-24)16-25-17-4-6-18(7-5-17)26-12-14-27(15-13-26)19-8-10-20(30-3)11-9-19/h4-11,16,25H,12-15H2,1-3H3. The molecular weight excluding hydrogens is 410 g/mol. The van der Waals surface area contributed by atoms with Crippen molar-refractivity contribution in [1.29, 1.82) is 0 Å². The molecule has 0 aliphatic carbocycles. The molecule has 2 aliphatic heterocycles. The van der Waals surface area contributed by atoms with E-state index in [1.54, 1.807) is 7.11 Å². The predicted octanol–water partition coefficient (Wildman–Crippen LogP) is 3.15. The topological polar surface area (TPSA) is 80.3 Å². The third-order valence-corrected chi connectivity index (χ3v) is 5.45. The van der Waals surface area contributed by atoms with Crippen LogP contribution in [-0.2, 0) is 19.1 Å². The Hall–Kier alpha value is -3.68. The maximum absolute atomic E-state index is 12.0. The molecule has 1 N–H and O–H groups in total. The maximum Gasteiger partial charge on any atom is 0.350 e. The highest BCUT2D eigenvalue weighted by Gasteiger charge is 2.38. The molecular formula is C24H27N3O5. The molecule has 2 fully saturated rings. The first-order valence-electron chi connectivity index (χ1n) is 10.5. The fourth-order valence-electron chi connectivity index (χ4n) is 3.72. The van der Waals surface area contributed by atoms with E-state index in [4.69, 9.17) is 14.2 Å². The lowest BCUT2D eigenvalue weighted by Crippen LogP contribution is -2.46. The van der Waals surface area contributed by atoms with Crippen LogP contribution in [0.15, 0.2) is 60.3 Å². The molecule has 8 nitrogen and oxygen atoms in total. The molecule has 0 bridgehead atoms. The quantitative estimate of drug-likeness (QED) is 0.434. The number of esters is 2. The Bertz CT molecular complexity index is 985. The molecule has 0 aromatic heterocycles. The molecule has 2 aliphatic rings. The highest BCUT2D eigenvalue weighted by atomic mass is 16.7. The molecule has 32 heavy (non-hydrogen) atoms. The largest absolute Gasteiger partial charge is 0.497 e. The zero-order valence-electron chi connectivity index (χ0n) is 18.5. The number of hydrogen-bond acceptors (Lipinski definition) is 8. The van der Waals surface area contributed by atoms with E-state index < -0.39 is 17.7 Å². The van der Waals surface area contributed by atoms with E-state index in [1.807, 2.05) is 36.4 Å². The lowest BCUT2D eigenvalue weighted by molar-refractivity contribution is -0.222. The fourth-order valence-corrected chi connectivity index (χ4v) is 3.72. The third kappa shape index (κ3) is 4.80. The molecule has 4 rings (SSSR count). The molecule has 0 amide bonds. The van der Waals surface area contributed by atoms with Gasteiger partial charge in [0.2, 0.25) is 0 Å². The summed E-state index contributed by atoms with van der Waals surface area (Å²) < 4.78 is 15.4. The monoisotopic (exact) mass is 437 g/mol. The number of rotatable bonds is 5. The third-order valence-electron chi connectivity index (χ3n) is 5.45. The number of piperazine rings is 1. The number of methoxy groups -OCH3 is 1. The van der Waals surface area contributed by atoms with Gasteiger partial charge in [-0.05, 0) is 48.5 Å². The van der Waals surface area contributed by atoms with Gasteiger partial charge in [-0.2, -0.15) is 0 Å². The molecule has 2 aromatic carbocycles. The lowest BCUT2D eigenvalue weighted by atomic mass is 10.2. The van der Waals surface area contributed by atoms with Crippen LogP contribution in [0.25, 0.3) is 0 Å². The van der Waals surface area contributed by atoms with Gasteiger partial charge in [0.15, 0.2) is 5.57 Å². The van der Waals surface area contributed by atoms with Crippen LogP contribution in [0.3, 0.4) is 0 Å². The van der Waals surface area contributed by atoms with Crippen LogP contribution in [0.2, 0.25) is 0 Å². The maximum atomic E-state index is 12.0. The Balaban J connectivity index is 1.33. The summed E-state index contributed by atoms with van der Waals surface area (Å²) in [6.07, 6.45) is 1.32. The average molecular weight is 437 g/mol. The van der Waals surface area contributed by atoms with E-state index in [0.29, 0.717) is 0 Å². The number of carbonyl (C=O) groups is 2. The van der Waals surface area contributed by atoms with Crippen LogP contribution in [0.5, 0.6) is 5.75 Å². The number of ether oxygens (including phenoxy) is 3. The van der Waals surface area contributed by atoms with Gasteiger partial charge in [-0.3, -0.25) is 0 Å². The molecule has 0 spiro atoms. The van der Waals surface area contributed by atoms with Gasteiger partial charge in [-0.25, -0.2) is 9.59 Å². The molecule has 168 valence electrons. The van der Waals surface area contributed by atoms with Gasteiger partial charge in [0.25, 0.3) is 5.79 Å². The predicted molar refractivity (Wildman–Crippen MR) is 122 cm³/mol. The van der Waals surface area contributed by atoms with Gasteiger partial charge in [0.1, 0.15) is 5.75 Å². The summed E-state index contributed by atoms with van der Waals surface area (Å²) in [5.41, 5.74) is 2.91. The molecule has 2 heterocycles. The van der Waals surface area contributed by atoms with Crippen molar-refractivity contribution in [3.8, 4) is 5.75 Å². The summed E-state index contributed by atoms with van der Waals surface area (Å²) >= 11 is 0. The van der Waals surface area contributed by atoms with Crippen molar-refractivity contribution in [3.05, 3.63) is 60.3 Å². The van der Waals surface area contributed by atoms with Crippen molar-refractivity contribution in [2.24, 2.45) is 0 Å². The van der Waals surface area contributed by atoms with E-state index >= 15 is 0 Å². The second-order valence-electron chi connectivity index (χ2n) is 8.10. The van der Waals surface area contributed by atoms with Crippen LogP contribution >= 0.6 is 0 Å². The Morgan fingerprint density at radius 1 is 0.844 bits per heavy atom. The molecule has 0 saturated carbocycles. The number of benzene rings is 2. The zero-order chi connectivity index (χ0) is 22.7. The summed E-state index contributed by atoms with van der Waals surface area (Å²) in [6.45, 7) is 6.72. The molecule has 0 atom stereocenters. The van der Waals surface area contributed by atoms with Crippen LogP contribution in [-0.4, -0.2) is 51.0 Å². The minimum Gasteiger partial charge on any atom is -0.497 e. The SMILES string of the molecule is COc1ccc(N2CCN(c3ccc(NC=C4C(=O)OC(C)(C)OC4=O)cc3)CC2)cc1. The average Bonchev–Trinajstić information content (AvgIpc) is 2.78. The van der Waals surface area contributed by atoms with Crippen molar-refractivity contribution < 1.29 is 23.8 Å².